The van der Waals surface area contributed by atoms with Crippen LogP contribution in [-0.2, 0) is 12.0 Å². The van der Waals surface area contributed by atoms with Crippen molar-refractivity contribution in [2.24, 2.45) is 4.99 Å². The molecule has 3 N–H and O–H groups in total. The first-order chi connectivity index (χ1) is 13.1. The number of fused-ring (bicyclic) bond motifs is 1. The topological polar surface area (TPSA) is 69.5 Å². The number of halogens is 1. The van der Waals surface area contributed by atoms with Crippen LogP contribution in [-0.4, -0.2) is 35.7 Å². The number of benzene rings is 1. The van der Waals surface area contributed by atoms with E-state index in [1.54, 1.807) is 18.3 Å². The summed E-state index contributed by atoms with van der Waals surface area (Å²) in [5, 5.41) is 20.4. The van der Waals surface area contributed by atoms with E-state index in [0.29, 0.717) is 12.5 Å². The second-order valence-electron chi connectivity index (χ2n) is 6.62. The molecule has 7 heteroatoms. The molecular formula is C21H27IN4OS. The fraction of sp³-hybridized carbons (Fsp3) is 0.333. The molecule has 2 aromatic heterocycles. The van der Waals surface area contributed by atoms with Crippen LogP contribution in [0.5, 0.6) is 0 Å². The maximum absolute atomic E-state index is 10.7. The van der Waals surface area contributed by atoms with Gasteiger partial charge in [0.2, 0.25) is 0 Å². The van der Waals surface area contributed by atoms with Crippen LogP contribution < -0.4 is 10.6 Å². The number of hydrogen-bond acceptors (Lipinski definition) is 4. The fourth-order valence-corrected chi connectivity index (χ4v) is 3.70. The molecule has 150 valence electrons. The summed E-state index contributed by atoms with van der Waals surface area (Å²) in [6, 6.07) is 14.2. The number of rotatable bonds is 7. The lowest BCUT2D eigenvalue weighted by Gasteiger charge is -2.20. The van der Waals surface area contributed by atoms with Gasteiger partial charge in [0.1, 0.15) is 5.60 Å². The Labute approximate surface area is 187 Å². The second-order valence-corrected chi connectivity index (χ2v) is 7.56. The van der Waals surface area contributed by atoms with Crippen LogP contribution in [0.4, 0.5) is 0 Å². The van der Waals surface area contributed by atoms with E-state index in [4.69, 9.17) is 0 Å². The molecule has 3 aromatic rings. The lowest BCUT2D eigenvalue weighted by atomic mass is 10.1. The fourth-order valence-electron chi connectivity index (χ4n) is 2.92. The van der Waals surface area contributed by atoms with Crippen molar-refractivity contribution in [1.82, 2.24) is 15.6 Å². The summed E-state index contributed by atoms with van der Waals surface area (Å²) in [7, 11) is 0. The van der Waals surface area contributed by atoms with Gasteiger partial charge in [0.15, 0.2) is 5.96 Å². The van der Waals surface area contributed by atoms with E-state index in [2.05, 4.69) is 44.9 Å². The van der Waals surface area contributed by atoms with Crippen LogP contribution in [0.15, 0.2) is 59.0 Å². The average molecular weight is 510 g/mol. The highest BCUT2D eigenvalue weighted by Crippen LogP contribution is 2.25. The van der Waals surface area contributed by atoms with E-state index in [1.165, 1.54) is 5.56 Å². The quantitative estimate of drug-likeness (QED) is 0.256. The third-order valence-corrected chi connectivity index (χ3v) is 5.47. The number of pyridine rings is 1. The minimum absolute atomic E-state index is 0. The Bertz CT molecular complexity index is 891. The molecule has 1 unspecified atom stereocenters. The first-order valence-corrected chi connectivity index (χ1v) is 10.1. The van der Waals surface area contributed by atoms with Gasteiger partial charge < -0.3 is 15.7 Å². The van der Waals surface area contributed by atoms with Crippen LogP contribution in [0, 0.1) is 0 Å². The molecule has 1 atom stereocenters. The third-order valence-electron chi connectivity index (χ3n) is 4.34. The number of nitrogens with one attached hydrogen (secondary N) is 2. The number of aromatic nitrogens is 1. The summed E-state index contributed by atoms with van der Waals surface area (Å²) < 4.78 is 0. The maximum Gasteiger partial charge on any atom is 0.191 e. The molecule has 0 saturated heterocycles. The highest BCUT2D eigenvalue weighted by Gasteiger charge is 2.23. The normalized spacial score (nSPS) is 13.6. The predicted molar refractivity (Wildman–Crippen MR) is 129 cm³/mol. The van der Waals surface area contributed by atoms with Gasteiger partial charge in [0, 0.05) is 29.5 Å². The van der Waals surface area contributed by atoms with E-state index in [-0.39, 0.29) is 24.0 Å². The molecule has 0 bridgehead atoms. The number of hydrogen-bond donors (Lipinski definition) is 3. The van der Waals surface area contributed by atoms with Crippen LogP contribution in [0.3, 0.4) is 0 Å². The van der Waals surface area contributed by atoms with Gasteiger partial charge in [-0.25, -0.2) is 4.99 Å². The summed E-state index contributed by atoms with van der Waals surface area (Å²) in [4.78, 5) is 10.00. The van der Waals surface area contributed by atoms with Crippen molar-refractivity contribution in [1.29, 1.82) is 0 Å². The molecule has 0 aliphatic carbocycles. The zero-order valence-corrected chi connectivity index (χ0v) is 19.3. The number of para-hydroxylation sites is 1. The molecule has 5 nitrogen and oxygen atoms in total. The minimum atomic E-state index is -0.962. The number of aliphatic hydroxyl groups is 1. The van der Waals surface area contributed by atoms with Crippen molar-refractivity contribution < 1.29 is 5.11 Å². The molecular weight excluding hydrogens is 483 g/mol. The molecule has 1 aromatic carbocycles. The SMILES string of the molecule is CCNC(=NCC(C)(O)c1cccs1)NCCc1cccc2cccnc12.I. The standard InChI is InChI=1S/C21H26N4OS.HI/c1-3-22-20(25-15-21(2,26)18-10-6-14-27-18)24-13-11-17-8-4-7-16-9-5-12-23-19(16)17;/h4-10,12,14,26H,3,11,13,15H2,1-2H3,(H2,22,24,25);1H. The van der Waals surface area contributed by atoms with Gasteiger partial charge in [-0.1, -0.05) is 30.3 Å². The molecule has 0 aliphatic rings. The zero-order valence-electron chi connectivity index (χ0n) is 16.2. The minimum Gasteiger partial charge on any atom is -0.383 e. The molecule has 0 radical (unpaired) electrons. The average Bonchev–Trinajstić information content (AvgIpc) is 3.22. The van der Waals surface area contributed by atoms with Crippen molar-refractivity contribution >= 4 is 52.2 Å². The molecule has 0 fully saturated rings. The molecule has 0 aliphatic heterocycles. The second kappa shape index (κ2) is 10.7. The van der Waals surface area contributed by atoms with Gasteiger partial charge in [0.25, 0.3) is 0 Å². The third kappa shape index (κ3) is 5.89. The highest BCUT2D eigenvalue weighted by atomic mass is 127. The Morgan fingerprint density at radius 1 is 1.18 bits per heavy atom. The lowest BCUT2D eigenvalue weighted by molar-refractivity contribution is 0.0711. The zero-order chi connectivity index (χ0) is 19.1. The number of nitrogens with zero attached hydrogens (tertiary/aromatic N) is 2. The molecule has 3 rings (SSSR count). The Morgan fingerprint density at radius 2 is 2.00 bits per heavy atom. The van der Waals surface area contributed by atoms with Crippen LogP contribution in [0.25, 0.3) is 10.9 Å². The Morgan fingerprint density at radius 3 is 2.75 bits per heavy atom. The van der Waals surface area contributed by atoms with Crippen LogP contribution in [0.1, 0.15) is 24.3 Å². The lowest BCUT2D eigenvalue weighted by Crippen LogP contribution is -2.39. The van der Waals surface area contributed by atoms with Gasteiger partial charge in [-0.05, 0) is 43.3 Å². The Kier molecular flexibility index (Phi) is 8.65. The van der Waals surface area contributed by atoms with Crippen LogP contribution in [0.2, 0.25) is 0 Å². The van der Waals surface area contributed by atoms with Crippen LogP contribution >= 0.6 is 35.3 Å². The number of aliphatic imine (C=N–C) groups is 1. The highest BCUT2D eigenvalue weighted by molar-refractivity contribution is 14.0. The first kappa shape index (κ1) is 22.6. The van der Waals surface area contributed by atoms with Crippen molar-refractivity contribution in [3.63, 3.8) is 0 Å². The van der Waals surface area contributed by atoms with E-state index in [1.807, 2.05) is 36.7 Å². The number of thiophene rings is 1. The van der Waals surface area contributed by atoms with Gasteiger partial charge in [0.05, 0.1) is 12.1 Å². The molecule has 2 heterocycles. The summed E-state index contributed by atoms with van der Waals surface area (Å²) in [6.07, 6.45) is 2.68. The monoisotopic (exact) mass is 510 g/mol. The van der Waals surface area contributed by atoms with Crippen molar-refractivity contribution in [2.45, 2.75) is 25.9 Å². The Hall–Kier alpha value is -1.71. The summed E-state index contributed by atoms with van der Waals surface area (Å²) in [5.74, 6) is 0.711. The summed E-state index contributed by atoms with van der Waals surface area (Å²) in [6.45, 7) is 5.64. The van der Waals surface area contributed by atoms with Crippen molar-refractivity contribution in [3.05, 3.63) is 64.5 Å². The first-order valence-electron chi connectivity index (χ1n) is 9.21. The largest absolute Gasteiger partial charge is 0.383 e. The smallest absolute Gasteiger partial charge is 0.191 e. The Balaban J connectivity index is 0.00000280. The van der Waals surface area contributed by atoms with E-state index < -0.39 is 5.60 Å². The maximum atomic E-state index is 10.7. The summed E-state index contributed by atoms with van der Waals surface area (Å²) in [5.41, 5.74) is 1.29. The molecule has 0 amide bonds. The predicted octanol–water partition coefficient (Wildman–Crippen LogP) is 3.92. The van der Waals surface area contributed by atoms with E-state index >= 15 is 0 Å². The van der Waals surface area contributed by atoms with Gasteiger partial charge in [-0.3, -0.25) is 4.98 Å². The molecule has 0 saturated carbocycles. The molecule has 28 heavy (non-hydrogen) atoms. The van der Waals surface area contributed by atoms with E-state index in [0.717, 1.165) is 35.3 Å². The summed E-state index contributed by atoms with van der Waals surface area (Å²) >= 11 is 1.54. The van der Waals surface area contributed by atoms with E-state index in [9.17, 15) is 5.11 Å². The molecule has 0 spiro atoms. The van der Waals surface area contributed by atoms with Gasteiger partial charge >= 0.3 is 0 Å². The van der Waals surface area contributed by atoms with Gasteiger partial charge in [-0.15, -0.1) is 35.3 Å². The van der Waals surface area contributed by atoms with Crippen molar-refractivity contribution in [2.75, 3.05) is 19.6 Å². The van der Waals surface area contributed by atoms with Gasteiger partial charge in [-0.2, -0.15) is 0 Å². The van der Waals surface area contributed by atoms with Crippen molar-refractivity contribution in [3.8, 4) is 0 Å². The number of guanidine groups is 1.